The van der Waals surface area contributed by atoms with E-state index in [4.69, 9.17) is 9.84 Å². The Morgan fingerprint density at radius 2 is 2.21 bits per heavy atom. The summed E-state index contributed by atoms with van der Waals surface area (Å²) in [7, 11) is 5.32. The molecule has 7 nitrogen and oxygen atoms in total. The van der Waals surface area contributed by atoms with Gasteiger partial charge in [-0.05, 0) is 26.9 Å². The zero-order valence-corrected chi connectivity index (χ0v) is 11.8. The lowest BCUT2D eigenvalue weighted by atomic mass is 10.2. The molecule has 2 amide bonds. The molecule has 2 unspecified atom stereocenters. The summed E-state index contributed by atoms with van der Waals surface area (Å²) in [6.45, 7) is 1.42. The number of rotatable bonds is 6. The molecule has 0 spiro atoms. The van der Waals surface area contributed by atoms with Crippen LogP contribution in [0.1, 0.15) is 12.8 Å². The number of carboxylic acid groups (broad SMARTS) is 1. The number of hydrogen-bond acceptors (Lipinski definition) is 4. The minimum atomic E-state index is -1.08. The Hall–Kier alpha value is -1.34. The third-order valence-electron chi connectivity index (χ3n) is 3.14. The minimum absolute atomic E-state index is 0.0345. The predicted octanol–water partition coefficient (Wildman–Crippen LogP) is -0.178. The van der Waals surface area contributed by atoms with Crippen molar-refractivity contribution in [3.8, 4) is 0 Å². The van der Waals surface area contributed by atoms with Gasteiger partial charge in [0.1, 0.15) is 0 Å². The number of carboxylic acids is 1. The van der Waals surface area contributed by atoms with Gasteiger partial charge in [0, 0.05) is 26.2 Å². The van der Waals surface area contributed by atoms with Gasteiger partial charge in [-0.3, -0.25) is 0 Å². The zero-order chi connectivity index (χ0) is 14.4. The van der Waals surface area contributed by atoms with Gasteiger partial charge in [-0.2, -0.15) is 0 Å². The van der Waals surface area contributed by atoms with E-state index in [9.17, 15) is 9.59 Å². The van der Waals surface area contributed by atoms with Gasteiger partial charge in [0.2, 0.25) is 0 Å². The van der Waals surface area contributed by atoms with Crippen molar-refractivity contribution in [2.75, 3.05) is 40.9 Å². The first-order valence-electron chi connectivity index (χ1n) is 6.39. The van der Waals surface area contributed by atoms with Crippen LogP contribution in [0.4, 0.5) is 4.79 Å². The smallest absolute Gasteiger partial charge is 0.328 e. The molecule has 1 fully saturated rings. The molecule has 1 rings (SSSR count). The summed E-state index contributed by atoms with van der Waals surface area (Å²) in [5, 5.41) is 11.5. The lowest BCUT2D eigenvalue weighted by Crippen LogP contribution is -2.52. The van der Waals surface area contributed by atoms with E-state index in [0.29, 0.717) is 6.54 Å². The second-order valence-corrected chi connectivity index (χ2v) is 5.05. The molecule has 1 aliphatic heterocycles. The first kappa shape index (κ1) is 15.7. The molecule has 110 valence electrons. The number of amides is 2. The van der Waals surface area contributed by atoms with E-state index in [0.717, 1.165) is 19.4 Å². The molecule has 1 heterocycles. The fraction of sp³-hybridized carbons (Fsp3) is 0.833. The van der Waals surface area contributed by atoms with Crippen LogP contribution in [0, 0.1) is 0 Å². The zero-order valence-electron chi connectivity index (χ0n) is 11.8. The number of hydrogen-bond donors (Lipinski definition) is 2. The summed E-state index contributed by atoms with van der Waals surface area (Å²) in [5.74, 6) is -1.08. The van der Waals surface area contributed by atoms with Crippen molar-refractivity contribution >= 4 is 12.0 Å². The molecule has 2 atom stereocenters. The molecule has 19 heavy (non-hydrogen) atoms. The van der Waals surface area contributed by atoms with Crippen LogP contribution in [0.2, 0.25) is 0 Å². The Morgan fingerprint density at radius 1 is 1.53 bits per heavy atom. The van der Waals surface area contributed by atoms with E-state index in [-0.39, 0.29) is 18.7 Å². The van der Waals surface area contributed by atoms with Crippen LogP contribution in [0.15, 0.2) is 0 Å². The molecular weight excluding hydrogens is 250 g/mol. The third-order valence-corrected chi connectivity index (χ3v) is 3.14. The van der Waals surface area contributed by atoms with Crippen LogP contribution < -0.4 is 5.32 Å². The number of nitrogens with one attached hydrogen (secondary N) is 1. The Bertz CT molecular complexity index is 322. The van der Waals surface area contributed by atoms with Gasteiger partial charge in [-0.15, -0.1) is 0 Å². The number of methoxy groups -OCH3 is 1. The molecule has 0 bridgehead atoms. The monoisotopic (exact) mass is 273 g/mol. The predicted molar refractivity (Wildman–Crippen MR) is 70.1 cm³/mol. The van der Waals surface area contributed by atoms with Gasteiger partial charge in [-0.1, -0.05) is 0 Å². The molecule has 1 saturated heterocycles. The average Bonchev–Trinajstić information content (AvgIpc) is 2.75. The van der Waals surface area contributed by atoms with Crippen molar-refractivity contribution in [1.82, 2.24) is 15.1 Å². The molecule has 0 aliphatic carbocycles. The summed E-state index contributed by atoms with van der Waals surface area (Å²) in [5.41, 5.74) is 0. The van der Waals surface area contributed by atoms with Gasteiger partial charge >= 0.3 is 12.0 Å². The highest BCUT2D eigenvalue weighted by Crippen LogP contribution is 2.17. The SMILES string of the molecule is COCC(NC(=O)N1CCCC1CN(C)C)C(=O)O. The Morgan fingerprint density at radius 3 is 2.74 bits per heavy atom. The van der Waals surface area contributed by atoms with Crippen LogP contribution in [0.5, 0.6) is 0 Å². The Labute approximate surface area is 113 Å². The first-order chi connectivity index (χ1) is 8.95. The standard InChI is InChI=1S/C12H23N3O4/c1-14(2)7-9-5-4-6-15(9)12(18)13-10(8-19-3)11(16)17/h9-10H,4-8H2,1-3H3,(H,13,18)(H,16,17). The fourth-order valence-corrected chi connectivity index (χ4v) is 2.29. The molecule has 0 aromatic heterocycles. The molecule has 1 aliphatic rings. The van der Waals surface area contributed by atoms with E-state index >= 15 is 0 Å². The largest absolute Gasteiger partial charge is 0.480 e. The van der Waals surface area contributed by atoms with Crippen LogP contribution in [-0.2, 0) is 9.53 Å². The summed E-state index contributed by atoms with van der Waals surface area (Å²) >= 11 is 0. The number of aliphatic carboxylic acids is 1. The van der Waals surface area contributed by atoms with E-state index in [1.54, 1.807) is 4.90 Å². The second-order valence-electron chi connectivity index (χ2n) is 5.05. The topological polar surface area (TPSA) is 82.1 Å². The number of nitrogens with zero attached hydrogens (tertiary/aromatic N) is 2. The van der Waals surface area contributed by atoms with Crippen molar-refractivity contribution < 1.29 is 19.4 Å². The molecule has 7 heteroatoms. The summed E-state index contributed by atoms with van der Waals surface area (Å²) < 4.78 is 4.80. The highest BCUT2D eigenvalue weighted by molar-refractivity contribution is 5.83. The van der Waals surface area contributed by atoms with Crippen molar-refractivity contribution in [2.24, 2.45) is 0 Å². The van der Waals surface area contributed by atoms with Gasteiger partial charge in [0.25, 0.3) is 0 Å². The molecular formula is C12H23N3O4. The lowest BCUT2D eigenvalue weighted by Gasteiger charge is -2.28. The van der Waals surface area contributed by atoms with Gasteiger partial charge in [0.15, 0.2) is 6.04 Å². The van der Waals surface area contributed by atoms with Crippen molar-refractivity contribution in [1.29, 1.82) is 0 Å². The van der Waals surface area contributed by atoms with Crippen molar-refractivity contribution in [2.45, 2.75) is 24.9 Å². The molecule has 2 N–H and O–H groups in total. The maximum absolute atomic E-state index is 12.1. The first-order valence-corrected chi connectivity index (χ1v) is 6.39. The number of carbonyl (C=O) groups excluding carboxylic acids is 1. The van der Waals surface area contributed by atoms with Crippen molar-refractivity contribution in [3.63, 3.8) is 0 Å². The molecule has 0 saturated carbocycles. The summed E-state index contributed by atoms with van der Waals surface area (Å²) in [6.07, 6.45) is 1.90. The summed E-state index contributed by atoms with van der Waals surface area (Å²) in [4.78, 5) is 26.8. The van der Waals surface area contributed by atoms with Gasteiger partial charge < -0.3 is 25.0 Å². The number of likely N-dealkylation sites (tertiary alicyclic amines) is 1. The van der Waals surface area contributed by atoms with E-state index in [2.05, 4.69) is 5.32 Å². The highest BCUT2D eigenvalue weighted by Gasteiger charge is 2.31. The maximum Gasteiger partial charge on any atom is 0.328 e. The number of urea groups is 1. The van der Waals surface area contributed by atoms with Crippen LogP contribution in [0.3, 0.4) is 0 Å². The van der Waals surface area contributed by atoms with Gasteiger partial charge in [-0.25, -0.2) is 9.59 Å². The minimum Gasteiger partial charge on any atom is -0.480 e. The lowest BCUT2D eigenvalue weighted by molar-refractivity contribution is -0.140. The Kier molecular flexibility index (Phi) is 6.04. The third kappa shape index (κ3) is 4.68. The Balaban J connectivity index is 2.57. The molecule has 0 radical (unpaired) electrons. The van der Waals surface area contributed by atoms with E-state index < -0.39 is 12.0 Å². The number of ether oxygens (including phenoxy) is 1. The quantitative estimate of drug-likeness (QED) is 0.701. The van der Waals surface area contributed by atoms with E-state index in [1.165, 1.54) is 7.11 Å². The highest BCUT2D eigenvalue weighted by atomic mass is 16.5. The average molecular weight is 273 g/mol. The van der Waals surface area contributed by atoms with E-state index in [1.807, 2.05) is 19.0 Å². The number of likely N-dealkylation sites (N-methyl/N-ethyl adjacent to an activating group) is 1. The molecule has 0 aromatic carbocycles. The second kappa shape index (κ2) is 7.30. The van der Waals surface area contributed by atoms with Crippen LogP contribution in [0.25, 0.3) is 0 Å². The fourth-order valence-electron chi connectivity index (χ4n) is 2.29. The number of carbonyl (C=O) groups is 2. The molecule has 0 aromatic rings. The maximum atomic E-state index is 12.1. The normalized spacial score (nSPS) is 20.6. The van der Waals surface area contributed by atoms with Crippen LogP contribution in [-0.4, -0.2) is 79.9 Å². The van der Waals surface area contributed by atoms with Gasteiger partial charge in [0.05, 0.1) is 6.61 Å². The summed E-state index contributed by atoms with van der Waals surface area (Å²) in [6, 6.07) is -1.18. The van der Waals surface area contributed by atoms with Crippen LogP contribution >= 0.6 is 0 Å². The van der Waals surface area contributed by atoms with Crippen molar-refractivity contribution in [3.05, 3.63) is 0 Å².